The number of benzene rings is 1. The summed E-state index contributed by atoms with van der Waals surface area (Å²) in [7, 11) is 0. The average molecular weight is 549 g/mol. The molecule has 0 bridgehead atoms. The average Bonchev–Trinajstić information content (AvgIpc) is 3.17. The molecule has 0 radical (unpaired) electrons. The molecule has 210 valence electrons. The van der Waals surface area contributed by atoms with Gasteiger partial charge < -0.3 is 14.8 Å². The number of nitrogens with zero attached hydrogens (tertiary/aromatic N) is 7. The standard InChI is InChI=1S/C29H34F2N8O/c1-7-37-10-11-38(26(40)12-17(37)4)23-8-9-25(33-18(23)5)35-29-32-15-22(31)27(36-29)20-13-21(30)28-24(14-20)39(16(2)3)19(6)34-28/h8-9,13-17H,7,10-12H2,1-6H3,(H,32,33,35,36). The molecule has 9 nitrogen and oxygen atoms in total. The molecule has 5 rings (SSSR count). The van der Waals surface area contributed by atoms with Crippen molar-refractivity contribution in [2.75, 3.05) is 29.9 Å². The summed E-state index contributed by atoms with van der Waals surface area (Å²) < 4.78 is 31.8. The summed E-state index contributed by atoms with van der Waals surface area (Å²) >= 11 is 0. The van der Waals surface area contributed by atoms with Gasteiger partial charge in [0.1, 0.15) is 22.9 Å². The van der Waals surface area contributed by atoms with Crippen LogP contribution in [-0.4, -0.2) is 61.0 Å². The third-order valence-corrected chi connectivity index (χ3v) is 7.46. The van der Waals surface area contributed by atoms with Gasteiger partial charge >= 0.3 is 0 Å². The second kappa shape index (κ2) is 10.9. The molecule has 4 heterocycles. The quantitative estimate of drug-likeness (QED) is 0.338. The minimum absolute atomic E-state index is 0.0365. The number of aromatic nitrogens is 5. The molecular weight excluding hydrogens is 514 g/mol. The zero-order chi connectivity index (χ0) is 28.7. The van der Waals surface area contributed by atoms with Crippen LogP contribution in [-0.2, 0) is 4.79 Å². The minimum Gasteiger partial charge on any atom is -0.326 e. The van der Waals surface area contributed by atoms with Gasteiger partial charge in [-0.25, -0.2) is 28.7 Å². The van der Waals surface area contributed by atoms with Gasteiger partial charge in [-0.05, 0) is 65.4 Å². The number of imidazole rings is 1. The first-order valence-corrected chi connectivity index (χ1v) is 13.6. The second-order valence-electron chi connectivity index (χ2n) is 10.5. The maximum Gasteiger partial charge on any atom is 0.229 e. The zero-order valence-electron chi connectivity index (χ0n) is 23.7. The molecule has 11 heteroatoms. The molecule has 3 aromatic heterocycles. The summed E-state index contributed by atoms with van der Waals surface area (Å²) in [4.78, 5) is 34.4. The Morgan fingerprint density at radius 2 is 1.85 bits per heavy atom. The summed E-state index contributed by atoms with van der Waals surface area (Å²) in [6, 6.07) is 6.75. The van der Waals surface area contributed by atoms with E-state index in [1.54, 1.807) is 17.0 Å². The number of anilines is 3. The van der Waals surface area contributed by atoms with Gasteiger partial charge in [-0.15, -0.1) is 0 Å². The fourth-order valence-corrected chi connectivity index (χ4v) is 5.50. The Balaban J connectivity index is 1.43. The molecule has 1 aliphatic rings. The van der Waals surface area contributed by atoms with Crippen molar-refractivity contribution in [1.82, 2.24) is 29.4 Å². The molecule has 1 amide bonds. The van der Waals surface area contributed by atoms with Gasteiger partial charge in [0.2, 0.25) is 11.9 Å². The van der Waals surface area contributed by atoms with E-state index in [2.05, 4.69) is 44.0 Å². The number of carbonyl (C=O) groups is 1. The Bertz CT molecular complexity index is 1580. The molecule has 0 aliphatic carbocycles. The van der Waals surface area contributed by atoms with Gasteiger partial charge in [-0.3, -0.25) is 9.69 Å². The van der Waals surface area contributed by atoms with Gasteiger partial charge in [0.05, 0.1) is 23.1 Å². The van der Waals surface area contributed by atoms with E-state index in [4.69, 9.17) is 0 Å². The van der Waals surface area contributed by atoms with Crippen molar-refractivity contribution >= 4 is 34.4 Å². The van der Waals surface area contributed by atoms with Crippen LogP contribution in [0.2, 0.25) is 0 Å². The van der Waals surface area contributed by atoms with E-state index in [9.17, 15) is 9.18 Å². The highest BCUT2D eigenvalue weighted by molar-refractivity contribution is 5.94. The smallest absolute Gasteiger partial charge is 0.229 e. The summed E-state index contributed by atoms with van der Waals surface area (Å²) in [6.45, 7) is 14.1. The molecule has 1 unspecified atom stereocenters. The van der Waals surface area contributed by atoms with Crippen molar-refractivity contribution in [3.05, 3.63) is 53.6 Å². The lowest BCUT2D eigenvalue weighted by atomic mass is 10.1. The number of likely N-dealkylation sites (N-methyl/N-ethyl adjacent to an activating group) is 1. The van der Waals surface area contributed by atoms with Gasteiger partial charge in [-0.2, -0.15) is 0 Å². The van der Waals surface area contributed by atoms with Crippen LogP contribution in [0.15, 0.2) is 30.5 Å². The Hall–Kier alpha value is -3.99. The molecule has 4 aromatic rings. The number of rotatable bonds is 6. The van der Waals surface area contributed by atoms with Crippen molar-refractivity contribution < 1.29 is 13.6 Å². The molecule has 1 aliphatic heterocycles. The normalized spacial score (nSPS) is 16.7. The maximum atomic E-state index is 15.0. The number of carbonyl (C=O) groups excluding carboxylic acids is 1. The number of amides is 1. The van der Waals surface area contributed by atoms with E-state index in [0.29, 0.717) is 35.8 Å². The third-order valence-electron chi connectivity index (χ3n) is 7.46. The fourth-order valence-electron chi connectivity index (χ4n) is 5.50. The van der Waals surface area contributed by atoms with Crippen molar-refractivity contribution in [3.63, 3.8) is 0 Å². The van der Waals surface area contributed by atoms with E-state index >= 15 is 4.39 Å². The Labute approximate surface area is 232 Å². The molecular formula is C29H34F2N8O. The molecule has 0 spiro atoms. The van der Waals surface area contributed by atoms with E-state index in [0.717, 1.165) is 25.0 Å². The maximum absolute atomic E-state index is 15.0. The number of pyridine rings is 1. The first-order chi connectivity index (χ1) is 19.1. The third kappa shape index (κ3) is 5.13. The Morgan fingerprint density at radius 1 is 1.07 bits per heavy atom. The van der Waals surface area contributed by atoms with Crippen molar-refractivity contribution in [2.45, 2.75) is 60.0 Å². The van der Waals surface area contributed by atoms with Crippen molar-refractivity contribution in [1.29, 1.82) is 0 Å². The lowest BCUT2D eigenvalue weighted by Crippen LogP contribution is -2.34. The van der Waals surface area contributed by atoms with E-state index in [1.807, 2.05) is 38.3 Å². The molecule has 1 aromatic carbocycles. The van der Waals surface area contributed by atoms with Crippen LogP contribution in [0.3, 0.4) is 0 Å². The van der Waals surface area contributed by atoms with Gasteiger partial charge in [0.25, 0.3) is 0 Å². The molecule has 1 atom stereocenters. The second-order valence-corrected chi connectivity index (χ2v) is 10.5. The monoisotopic (exact) mass is 548 g/mol. The van der Waals surface area contributed by atoms with Crippen LogP contribution >= 0.6 is 0 Å². The number of hydrogen-bond donors (Lipinski definition) is 1. The van der Waals surface area contributed by atoms with Crippen LogP contribution in [0.5, 0.6) is 0 Å². The minimum atomic E-state index is -0.675. The van der Waals surface area contributed by atoms with Gasteiger partial charge in [0, 0.05) is 37.2 Å². The highest BCUT2D eigenvalue weighted by Crippen LogP contribution is 2.31. The van der Waals surface area contributed by atoms with Crippen LogP contribution in [0.1, 0.15) is 51.7 Å². The zero-order valence-corrected chi connectivity index (χ0v) is 23.7. The van der Waals surface area contributed by atoms with E-state index in [-0.39, 0.29) is 40.7 Å². The van der Waals surface area contributed by atoms with Crippen LogP contribution in [0, 0.1) is 25.5 Å². The number of aryl methyl sites for hydroxylation is 2. The topological polar surface area (TPSA) is 92.1 Å². The molecule has 1 N–H and O–H groups in total. The first-order valence-electron chi connectivity index (χ1n) is 13.6. The van der Waals surface area contributed by atoms with Crippen LogP contribution in [0.25, 0.3) is 22.3 Å². The lowest BCUT2D eigenvalue weighted by Gasteiger charge is -2.24. The van der Waals surface area contributed by atoms with Crippen molar-refractivity contribution in [3.8, 4) is 11.3 Å². The highest BCUT2D eigenvalue weighted by atomic mass is 19.1. The van der Waals surface area contributed by atoms with Crippen molar-refractivity contribution in [2.24, 2.45) is 0 Å². The Morgan fingerprint density at radius 3 is 2.55 bits per heavy atom. The summed E-state index contributed by atoms with van der Waals surface area (Å²) in [5.74, 6) is 0.0820. The van der Waals surface area contributed by atoms with E-state index < -0.39 is 11.6 Å². The summed E-state index contributed by atoms with van der Waals surface area (Å²) in [5, 5.41) is 3.02. The SMILES string of the molecule is CCN1CCN(c2ccc(Nc3ncc(F)c(-c4cc(F)c5nc(C)n(C(C)C)c5c4)n3)nc2C)C(=O)CC1C. The number of fused-ring (bicyclic) bond motifs is 1. The van der Waals surface area contributed by atoms with Gasteiger partial charge in [-0.1, -0.05) is 6.92 Å². The largest absolute Gasteiger partial charge is 0.326 e. The number of nitrogens with one attached hydrogen (secondary N) is 1. The predicted molar refractivity (Wildman–Crippen MR) is 152 cm³/mol. The summed E-state index contributed by atoms with van der Waals surface area (Å²) in [5.41, 5.74) is 2.48. The first kappa shape index (κ1) is 27.6. The van der Waals surface area contributed by atoms with Crippen LogP contribution < -0.4 is 10.2 Å². The summed E-state index contributed by atoms with van der Waals surface area (Å²) in [6.07, 6.45) is 1.50. The number of halogens is 2. The van der Waals surface area contributed by atoms with Crippen LogP contribution in [0.4, 0.5) is 26.2 Å². The molecule has 40 heavy (non-hydrogen) atoms. The lowest BCUT2D eigenvalue weighted by molar-refractivity contribution is -0.118. The molecule has 1 saturated heterocycles. The van der Waals surface area contributed by atoms with Gasteiger partial charge in [0.15, 0.2) is 11.6 Å². The number of hydrogen-bond acceptors (Lipinski definition) is 7. The fraction of sp³-hybridized carbons (Fsp3) is 0.414. The van der Waals surface area contributed by atoms with E-state index in [1.165, 1.54) is 6.07 Å². The highest BCUT2D eigenvalue weighted by Gasteiger charge is 2.27. The molecule has 1 fully saturated rings. The Kier molecular flexibility index (Phi) is 7.50. The predicted octanol–water partition coefficient (Wildman–Crippen LogP) is 5.55. The molecule has 0 saturated carbocycles.